The Morgan fingerprint density at radius 2 is 1.37 bits per heavy atom. The second-order valence-corrected chi connectivity index (χ2v) is 7.46. The fraction of sp³-hybridized carbons (Fsp3) is 0.167. The zero-order valence-corrected chi connectivity index (χ0v) is 18.9. The van der Waals surface area contributed by atoms with Crippen LogP contribution in [0.3, 0.4) is 0 Å². The van der Waals surface area contributed by atoms with Gasteiger partial charge in [0, 0.05) is 11.4 Å². The molecule has 0 atom stereocenters. The van der Waals surface area contributed by atoms with E-state index >= 15 is 0 Å². The van der Waals surface area contributed by atoms with Crippen LogP contribution in [0, 0.1) is 20.8 Å². The minimum atomic E-state index is -4.40. The van der Waals surface area contributed by atoms with Crippen molar-refractivity contribution in [3.8, 4) is 0 Å². The third-order valence-corrected chi connectivity index (χ3v) is 4.77. The largest absolute Gasteiger partial charge is 0.416 e. The van der Waals surface area contributed by atoms with Crippen molar-refractivity contribution in [3.63, 3.8) is 0 Å². The van der Waals surface area contributed by atoms with Crippen molar-refractivity contribution in [2.45, 2.75) is 26.9 Å². The average Bonchev–Trinajstić information content (AvgIpc) is 3.43. The number of aryl methyl sites for hydroxylation is 3. The third kappa shape index (κ3) is 6.79. The van der Waals surface area contributed by atoms with Crippen molar-refractivity contribution in [1.29, 1.82) is 0 Å². The first-order chi connectivity index (χ1) is 16.5. The molecule has 0 spiro atoms. The zero-order chi connectivity index (χ0) is 25.6. The number of halogens is 3. The fourth-order valence-corrected chi connectivity index (χ4v) is 2.80. The summed E-state index contributed by atoms with van der Waals surface area (Å²) in [6.07, 6.45) is -1.80. The Labute approximate surface area is 198 Å². The van der Waals surface area contributed by atoms with Crippen LogP contribution in [0.1, 0.15) is 43.3 Å². The van der Waals surface area contributed by atoms with Gasteiger partial charge in [-0.25, -0.2) is 0 Å². The van der Waals surface area contributed by atoms with Gasteiger partial charge in [0.15, 0.2) is 0 Å². The summed E-state index contributed by atoms with van der Waals surface area (Å²) in [4.78, 5) is 23.5. The van der Waals surface area contributed by atoms with Gasteiger partial charge in [-0.1, -0.05) is 28.0 Å². The number of carbonyl (C=O) groups is 2. The summed E-state index contributed by atoms with van der Waals surface area (Å²) in [7, 11) is 0. The number of aromatic nitrogens is 2. The molecule has 35 heavy (non-hydrogen) atoms. The van der Waals surface area contributed by atoms with E-state index in [1.54, 1.807) is 13.8 Å². The van der Waals surface area contributed by atoms with Crippen molar-refractivity contribution in [3.05, 3.63) is 94.7 Å². The topological polar surface area (TPSA) is 110 Å². The zero-order valence-electron chi connectivity index (χ0n) is 18.9. The quantitative estimate of drug-likeness (QED) is 0.377. The van der Waals surface area contributed by atoms with E-state index in [4.69, 9.17) is 4.52 Å². The molecular weight excluding hydrogens is 465 g/mol. The monoisotopic (exact) mass is 486 g/mol. The average molecular weight is 486 g/mol. The molecule has 0 aliphatic carbocycles. The van der Waals surface area contributed by atoms with Crippen molar-refractivity contribution < 1.29 is 31.8 Å². The van der Waals surface area contributed by atoms with Crippen LogP contribution in [-0.4, -0.2) is 22.1 Å². The summed E-state index contributed by atoms with van der Waals surface area (Å²) in [6, 6.07) is 11.8. The smallest absolute Gasteiger partial charge is 0.364 e. The van der Waals surface area contributed by atoms with Gasteiger partial charge in [0.05, 0.1) is 17.5 Å². The number of anilines is 2. The van der Waals surface area contributed by atoms with E-state index in [1.165, 1.54) is 24.6 Å². The summed E-state index contributed by atoms with van der Waals surface area (Å²) >= 11 is 0. The Kier molecular flexibility index (Phi) is 7.69. The Morgan fingerprint density at radius 1 is 0.829 bits per heavy atom. The molecule has 4 rings (SSSR count). The van der Waals surface area contributed by atoms with Crippen LogP contribution in [0.15, 0.2) is 70.0 Å². The van der Waals surface area contributed by atoms with Crippen LogP contribution in [0.25, 0.3) is 0 Å². The molecule has 0 saturated carbocycles. The summed E-state index contributed by atoms with van der Waals surface area (Å²) < 4.78 is 46.5. The normalized spacial score (nSPS) is 10.8. The van der Waals surface area contributed by atoms with Crippen LogP contribution in [-0.2, 0) is 6.18 Å². The lowest BCUT2D eigenvalue weighted by Crippen LogP contribution is -2.12. The number of hydrogen-bond acceptors (Lipinski definition) is 6. The molecule has 0 aliphatic rings. The Hall–Kier alpha value is -4.41. The molecule has 2 heterocycles. The van der Waals surface area contributed by atoms with E-state index in [0.717, 1.165) is 23.4 Å². The standard InChI is InChI=1S/C12H9F3N2O2.C12H12N2O2/c1-7-10(6-19-17-7)11(18)16-9-4-2-8(3-5-9)12(13,14)15;1-8-3-5-10(6-4-8)14-12(15)11-7-13-16-9(11)2/h2-6H,1H3,(H,16,18);3-7H,1-2H3,(H,14,15). The van der Waals surface area contributed by atoms with Gasteiger partial charge in [-0.05, 0) is 57.2 Å². The highest BCUT2D eigenvalue weighted by atomic mass is 19.4. The molecule has 0 saturated heterocycles. The molecule has 11 heteroatoms. The number of hydrogen-bond donors (Lipinski definition) is 2. The Bertz CT molecular complexity index is 1290. The number of nitrogens with one attached hydrogen (secondary N) is 2. The highest BCUT2D eigenvalue weighted by Gasteiger charge is 2.30. The molecule has 0 fully saturated rings. The SMILES string of the molecule is Cc1ccc(NC(=O)c2cnoc2C)cc1.Cc1nocc1C(=O)Nc1ccc(C(F)(F)F)cc1. The first-order valence-electron chi connectivity index (χ1n) is 10.2. The van der Waals surface area contributed by atoms with E-state index in [0.29, 0.717) is 17.0 Å². The van der Waals surface area contributed by atoms with Gasteiger partial charge in [0.2, 0.25) is 0 Å². The molecular formula is C24H21F3N4O4. The van der Waals surface area contributed by atoms with Crippen LogP contribution >= 0.6 is 0 Å². The number of benzene rings is 2. The maximum Gasteiger partial charge on any atom is 0.416 e. The molecule has 0 bridgehead atoms. The lowest BCUT2D eigenvalue weighted by atomic mass is 10.2. The number of rotatable bonds is 4. The van der Waals surface area contributed by atoms with Crippen molar-refractivity contribution in [2.75, 3.05) is 10.6 Å². The van der Waals surface area contributed by atoms with E-state index < -0.39 is 17.6 Å². The van der Waals surface area contributed by atoms with Gasteiger partial charge < -0.3 is 19.7 Å². The second-order valence-electron chi connectivity index (χ2n) is 7.46. The molecule has 0 unspecified atom stereocenters. The van der Waals surface area contributed by atoms with Gasteiger partial charge in [0.25, 0.3) is 11.8 Å². The van der Waals surface area contributed by atoms with Gasteiger partial charge in [-0.2, -0.15) is 13.2 Å². The molecule has 0 aliphatic heterocycles. The lowest BCUT2D eigenvalue weighted by molar-refractivity contribution is -0.137. The van der Waals surface area contributed by atoms with Crippen LogP contribution in [0.5, 0.6) is 0 Å². The maximum absolute atomic E-state index is 12.4. The highest BCUT2D eigenvalue weighted by molar-refractivity contribution is 6.05. The van der Waals surface area contributed by atoms with E-state index in [-0.39, 0.29) is 17.2 Å². The van der Waals surface area contributed by atoms with Gasteiger partial charge >= 0.3 is 6.18 Å². The van der Waals surface area contributed by atoms with Gasteiger partial charge in [-0.3, -0.25) is 9.59 Å². The van der Waals surface area contributed by atoms with Gasteiger partial charge in [-0.15, -0.1) is 0 Å². The van der Waals surface area contributed by atoms with Gasteiger partial charge in [0.1, 0.15) is 23.2 Å². The van der Waals surface area contributed by atoms with E-state index in [9.17, 15) is 22.8 Å². The summed E-state index contributed by atoms with van der Waals surface area (Å²) in [6.45, 7) is 5.29. The van der Waals surface area contributed by atoms with Crippen molar-refractivity contribution in [1.82, 2.24) is 10.3 Å². The third-order valence-electron chi connectivity index (χ3n) is 4.77. The van der Waals surface area contributed by atoms with Crippen LogP contribution in [0.4, 0.5) is 24.5 Å². The second kappa shape index (κ2) is 10.7. The van der Waals surface area contributed by atoms with Crippen LogP contribution in [0.2, 0.25) is 0 Å². The molecule has 2 aromatic heterocycles. The molecule has 0 radical (unpaired) electrons. The molecule has 2 aromatic carbocycles. The number of nitrogens with zero attached hydrogens (tertiary/aromatic N) is 2. The van der Waals surface area contributed by atoms with Crippen molar-refractivity contribution in [2.24, 2.45) is 0 Å². The van der Waals surface area contributed by atoms with E-state index in [2.05, 4.69) is 25.5 Å². The first kappa shape index (κ1) is 25.2. The number of alkyl halides is 3. The predicted molar refractivity (Wildman–Crippen MR) is 121 cm³/mol. The molecule has 4 aromatic rings. The van der Waals surface area contributed by atoms with Crippen LogP contribution < -0.4 is 10.6 Å². The summed E-state index contributed by atoms with van der Waals surface area (Å²) in [5.74, 6) is -0.175. The van der Waals surface area contributed by atoms with Crippen molar-refractivity contribution >= 4 is 23.2 Å². The number of carbonyl (C=O) groups excluding carboxylic acids is 2. The maximum atomic E-state index is 12.4. The molecule has 8 nitrogen and oxygen atoms in total. The van der Waals surface area contributed by atoms with E-state index in [1.807, 2.05) is 31.2 Å². The number of amides is 2. The minimum Gasteiger partial charge on any atom is -0.364 e. The Morgan fingerprint density at radius 3 is 1.83 bits per heavy atom. The minimum absolute atomic E-state index is 0.206. The first-order valence-corrected chi connectivity index (χ1v) is 10.2. The molecule has 2 N–H and O–H groups in total. The lowest BCUT2D eigenvalue weighted by Gasteiger charge is -2.08. The molecule has 2 amide bonds. The highest BCUT2D eigenvalue weighted by Crippen LogP contribution is 2.29. The summed E-state index contributed by atoms with van der Waals surface area (Å²) in [5.41, 5.74) is 2.51. The predicted octanol–water partition coefficient (Wildman–Crippen LogP) is 5.80. The summed E-state index contributed by atoms with van der Waals surface area (Å²) in [5, 5.41) is 12.3. The fourth-order valence-electron chi connectivity index (χ4n) is 2.80. The Balaban J connectivity index is 0.000000198. The molecule has 182 valence electrons.